The lowest BCUT2D eigenvalue weighted by molar-refractivity contribution is -0.384. The normalized spacial score (nSPS) is 10.1. The zero-order valence-electron chi connectivity index (χ0n) is 9.36. The molecule has 0 aliphatic carbocycles. The van der Waals surface area contributed by atoms with E-state index in [1.807, 2.05) is 20.8 Å². The van der Waals surface area contributed by atoms with Gasteiger partial charge in [-0.3, -0.25) is 10.1 Å². The van der Waals surface area contributed by atoms with E-state index in [-0.39, 0.29) is 10.6 Å². The SMILES string of the molecule is CCN(CC)c1cc([N+](=O)[O-])ccc1C. The van der Waals surface area contributed by atoms with Crippen LogP contribution in [-0.4, -0.2) is 18.0 Å². The molecule has 0 heterocycles. The van der Waals surface area contributed by atoms with Gasteiger partial charge in [-0.25, -0.2) is 0 Å². The molecule has 0 saturated carbocycles. The number of nitrogens with zero attached hydrogens (tertiary/aromatic N) is 2. The molecule has 0 aliphatic heterocycles. The maximum atomic E-state index is 10.7. The van der Waals surface area contributed by atoms with Crippen LogP contribution in [0.25, 0.3) is 0 Å². The lowest BCUT2D eigenvalue weighted by atomic mass is 10.1. The summed E-state index contributed by atoms with van der Waals surface area (Å²) in [6.45, 7) is 7.78. The highest BCUT2D eigenvalue weighted by atomic mass is 16.6. The van der Waals surface area contributed by atoms with Gasteiger partial charge in [-0.1, -0.05) is 6.07 Å². The van der Waals surface area contributed by atoms with E-state index >= 15 is 0 Å². The fourth-order valence-electron chi connectivity index (χ4n) is 1.62. The van der Waals surface area contributed by atoms with Gasteiger partial charge in [0.1, 0.15) is 0 Å². The molecule has 0 unspecified atom stereocenters. The molecular weight excluding hydrogens is 192 g/mol. The number of rotatable bonds is 4. The first-order valence-electron chi connectivity index (χ1n) is 5.10. The van der Waals surface area contributed by atoms with Crippen LogP contribution in [-0.2, 0) is 0 Å². The van der Waals surface area contributed by atoms with Crippen LogP contribution < -0.4 is 4.90 Å². The Kier molecular flexibility index (Phi) is 3.66. The monoisotopic (exact) mass is 208 g/mol. The van der Waals surface area contributed by atoms with Gasteiger partial charge >= 0.3 is 0 Å². The average molecular weight is 208 g/mol. The van der Waals surface area contributed by atoms with E-state index in [4.69, 9.17) is 0 Å². The lowest BCUT2D eigenvalue weighted by Gasteiger charge is -2.22. The van der Waals surface area contributed by atoms with Gasteiger partial charge in [-0.15, -0.1) is 0 Å². The predicted octanol–water partition coefficient (Wildman–Crippen LogP) is 2.75. The fourth-order valence-corrected chi connectivity index (χ4v) is 1.62. The van der Waals surface area contributed by atoms with Crippen molar-refractivity contribution in [2.45, 2.75) is 20.8 Å². The van der Waals surface area contributed by atoms with Crippen molar-refractivity contribution in [2.75, 3.05) is 18.0 Å². The second-order valence-electron chi connectivity index (χ2n) is 3.40. The van der Waals surface area contributed by atoms with Crippen LogP contribution in [0.2, 0.25) is 0 Å². The number of hydrogen-bond acceptors (Lipinski definition) is 3. The zero-order chi connectivity index (χ0) is 11.4. The first-order chi connectivity index (χ1) is 7.10. The second kappa shape index (κ2) is 4.77. The van der Waals surface area contributed by atoms with E-state index < -0.39 is 0 Å². The summed E-state index contributed by atoms with van der Waals surface area (Å²) in [6, 6.07) is 4.98. The minimum atomic E-state index is -0.355. The third kappa shape index (κ3) is 2.46. The van der Waals surface area contributed by atoms with Crippen LogP contribution in [0.1, 0.15) is 19.4 Å². The molecule has 15 heavy (non-hydrogen) atoms. The standard InChI is InChI=1S/C11H16N2O2/c1-4-12(5-2)11-8-10(13(14)15)7-6-9(11)3/h6-8H,4-5H2,1-3H3. The first-order valence-corrected chi connectivity index (χ1v) is 5.10. The molecule has 4 heteroatoms. The van der Waals surface area contributed by atoms with Gasteiger partial charge in [-0.2, -0.15) is 0 Å². The molecule has 0 aliphatic rings. The molecule has 0 amide bonds. The highest BCUT2D eigenvalue weighted by Gasteiger charge is 2.11. The summed E-state index contributed by atoms with van der Waals surface area (Å²) < 4.78 is 0. The smallest absolute Gasteiger partial charge is 0.271 e. The summed E-state index contributed by atoms with van der Waals surface area (Å²) in [7, 11) is 0. The highest BCUT2D eigenvalue weighted by molar-refractivity contribution is 5.58. The Hall–Kier alpha value is -1.58. The van der Waals surface area contributed by atoms with Crippen molar-refractivity contribution < 1.29 is 4.92 Å². The van der Waals surface area contributed by atoms with Gasteiger partial charge < -0.3 is 4.90 Å². The highest BCUT2D eigenvalue weighted by Crippen LogP contribution is 2.25. The van der Waals surface area contributed by atoms with E-state index in [0.717, 1.165) is 24.3 Å². The van der Waals surface area contributed by atoms with Crippen LogP contribution in [0, 0.1) is 17.0 Å². The summed E-state index contributed by atoms with van der Waals surface area (Å²) in [4.78, 5) is 12.4. The second-order valence-corrected chi connectivity index (χ2v) is 3.40. The van der Waals surface area contributed by atoms with Gasteiger partial charge in [0.15, 0.2) is 0 Å². The summed E-state index contributed by atoms with van der Waals surface area (Å²) >= 11 is 0. The van der Waals surface area contributed by atoms with Crippen LogP contribution in [0.3, 0.4) is 0 Å². The van der Waals surface area contributed by atoms with Crippen molar-refractivity contribution in [2.24, 2.45) is 0 Å². The van der Waals surface area contributed by atoms with E-state index in [1.54, 1.807) is 18.2 Å². The van der Waals surface area contributed by atoms with E-state index in [0.29, 0.717) is 0 Å². The number of benzene rings is 1. The molecule has 0 atom stereocenters. The van der Waals surface area contributed by atoms with Gasteiger partial charge in [0.2, 0.25) is 0 Å². The summed E-state index contributed by atoms with van der Waals surface area (Å²) in [5.41, 5.74) is 2.18. The number of anilines is 1. The molecule has 0 bridgehead atoms. The molecule has 82 valence electrons. The summed E-state index contributed by atoms with van der Waals surface area (Å²) in [5.74, 6) is 0. The van der Waals surface area contributed by atoms with Crippen LogP contribution in [0.4, 0.5) is 11.4 Å². The van der Waals surface area contributed by atoms with Gasteiger partial charge in [-0.05, 0) is 26.3 Å². The Bertz CT molecular complexity index is 360. The summed E-state index contributed by atoms with van der Waals surface area (Å²) in [6.07, 6.45) is 0. The number of nitro groups is 1. The molecule has 1 rings (SSSR count). The Labute approximate surface area is 89.7 Å². The van der Waals surface area contributed by atoms with Crippen molar-refractivity contribution in [3.8, 4) is 0 Å². The molecule has 0 N–H and O–H groups in total. The topological polar surface area (TPSA) is 46.4 Å². The van der Waals surface area contributed by atoms with Gasteiger partial charge in [0.05, 0.1) is 4.92 Å². The predicted molar refractivity (Wildman–Crippen MR) is 61.4 cm³/mol. The van der Waals surface area contributed by atoms with Crippen molar-refractivity contribution >= 4 is 11.4 Å². The van der Waals surface area contributed by atoms with Crippen molar-refractivity contribution in [1.82, 2.24) is 0 Å². The molecule has 0 radical (unpaired) electrons. The molecule has 1 aromatic rings. The Morgan fingerprint density at radius 3 is 2.40 bits per heavy atom. The van der Waals surface area contributed by atoms with Crippen molar-refractivity contribution in [3.05, 3.63) is 33.9 Å². The molecule has 0 fully saturated rings. The van der Waals surface area contributed by atoms with Gasteiger partial charge in [0, 0.05) is 30.9 Å². The number of aryl methyl sites for hydroxylation is 1. The average Bonchev–Trinajstić information content (AvgIpc) is 2.22. The van der Waals surface area contributed by atoms with E-state index in [9.17, 15) is 10.1 Å². The zero-order valence-corrected chi connectivity index (χ0v) is 9.36. The quantitative estimate of drug-likeness (QED) is 0.564. The van der Waals surface area contributed by atoms with Crippen LogP contribution in [0.5, 0.6) is 0 Å². The van der Waals surface area contributed by atoms with E-state index in [2.05, 4.69) is 4.90 Å². The minimum absolute atomic E-state index is 0.155. The van der Waals surface area contributed by atoms with Crippen molar-refractivity contribution in [1.29, 1.82) is 0 Å². The molecule has 0 aromatic heterocycles. The Morgan fingerprint density at radius 2 is 1.93 bits per heavy atom. The summed E-state index contributed by atoms with van der Waals surface area (Å²) in [5, 5.41) is 10.7. The molecule has 0 saturated heterocycles. The van der Waals surface area contributed by atoms with Crippen LogP contribution in [0.15, 0.2) is 18.2 Å². The Balaban J connectivity index is 3.15. The number of nitro benzene ring substituents is 1. The molecule has 1 aromatic carbocycles. The Morgan fingerprint density at radius 1 is 1.33 bits per heavy atom. The maximum Gasteiger partial charge on any atom is 0.271 e. The number of hydrogen-bond donors (Lipinski definition) is 0. The first kappa shape index (κ1) is 11.5. The fraction of sp³-hybridized carbons (Fsp3) is 0.455. The number of non-ortho nitro benzene ring substituents is 1. The molecule has 4 nitrogen and oxygen atoms in total. The van der Waals surface area contributed by atoms with Crippen LogP contribution >= 0.6 is 0 Å². The third-order valence-corrected chi connectivity index (χ3v) is 2.51. The minimum Gasteiger partial charge on any atom is -0.372 e. The molecular formula is C11H16N2O2. The van der Waals surface area contributed by atoms with Crippen molar-refractivity contribution in [3.63, 3.8) is 0 Å². The maximum absolute atomic E-state index is 10.7. The largest absolute Gasteiger partial charge is 0.372 e. The van der Waals surface area contributed by atoms with Gasteiger partial charge in [0.25, 0.3) is 5.69 Å². The van der Waals surface area contributed by atoms with E-state index in [1.165, 1.54) is 0 Å². The third-order valence-electron chi connectivity index (χ3n) is 2.51. The lowest BCUT2D eigenvalue weighted by Crippen LogP contribution is -2.22. The molecule has 0 spiro atoms.